The summed E-state index contributed by atoms with van der Waals surface area (Å²) >= 11 is 0. The van der Waals surface area contributed by atoms with Crippen molar-refractivity contribution >= 4 is 0 Å². The Morgan fingerprint density at radius 1 is 1.33 bits per heavy atom. The molecule has 2 rings (SSSR count). The van der Waals surface area contributed by atoms with Gasteiger partial charge in [-0.25, -0.2) is 0 Å². The SMILES string of the molecule is C1=CN=NC(N2CCOCC2)C1. The summed E-state index contributed by atoms with van der Waals surface area (Å²) in [6.45, 7) is 3.63. The van der Waals surface area contributed by atoms with Crippen molar-refractivity contribution in [3.05, 3.63) is 12.3 Å². The molecule has 12 heavy (non-hydrogen) atoms. The van der Waals surface area contributed by atoms with Crippen LogP contribution < -0.4 is 0 Å². The smallest absolute Gasteiger partial charge is 0.127 e. The lowest BCUT2D eigenvalue weighted by Gasteiger charge is -2.31. The predicted molar refractivity (Wildman–Crippen MR) is 44.8 cm³/mol. The number of nitrogens with zero attached hydrogens (tertiary/aromatic N) is 3. The van der Waals surface area contributed by atoms with Gasteiger partial charge in [0, 0.05) is 25.7 Å². The van der Waals surface area contributed by atoms with E-state index in [1.807, 2.05) is 0 Å². The van der Waals surface area contributed by atoms with E-state index in [0.717, 1.165) is 32.7 Å². The van der Waals surface area contributed by atoms with E-state index in [1.54, 1.807) is 6.20 Å². The Morgan fingerprint density at radius 3 is 2.83 bits per heavy atom. The first-order valence-electron chi connectivity index (χ1n) is 4.33. The van der Waals surface area contributed by atoms with Crippen molar-refractivity contribution in [1.29, 1.82) is 0 Å². The van der Waals surface area contributed by atoms with Crippen molar-refractivity contribution < 1.29 is 4.74 Å². The Labute approximate surface area is 71.9 Å². The summed E-state index contributed by atoms with van der Waals surface area (Å²) in [6, 6.07) is 0. The van der Waals surface area contributed by atoms with Crippen LogP contribution in [-0.4, -0.2) is 37.4 Å². The van der Waals surface area contributed by atoms with Crippen molar-refractivity contribution in [2.45, 2.75) is 12.6 Å². The Morgan fingerprint density at radius 2 is 2.17 bits per heavy atom. The average molecular weight is 167 g/mol. The van der Waals surface area contributed by atoms with Gasteiger partial charge in [-0.05, 0) is 0 Å². The molecule has 0 aromatic heterocycles. The van der Waals surface area contributed by atoms with Crippen molar-refractivity contribution in [2.24, 2.45) is 10.2 Å². The van der Waals surface area contributed by atoms with Crippen LogP contribution in [0.2, 0.25) is 0 Å². The largest absolute Gasteiger partial charge is 0.379 e. The second-order valence-corrected chi connectivity index (χ2v) is 2.98. The monoisotopic (exact) mass is 167 g/mol. The standard InChI is InChI=1S/C8H13N3O/c1-2-8(10-9-3-1)11-4-6-12-7-5-11/h1,3,8H,2,4-7H2. The van der Waals surface area contributed by atoms with Gasteiger partial charge >= 0.3 is 0 Å². The molecule has 4 heteroatoms. The molecule has 4 nitrogen and oxygen atoms in total. The minimum absolute atomic E-state index is 0.263. The maximum atomic E-state index is 5.26. The number of ether oxygens (including phenoxy) is 1. The second-order valence-electron chi connectivity index (χ2n) is 2.98. The highest BCUT2D eigenvalue weighted by atomic mass is 16.5. The third-order valence-corrected chi connectivity index (χ3v) is 2.19. The molecule has 1 atom stereocenters. The second kappa shape index (κ2) is 3.78. The van der Waals surface area contributed by atoms with E-state index in [0.29, 0.717) is 0 Å². The maximum Gasteiger partial charge on any atom is 0.127 e. The lowest BCUT2D eigenvalue weighted by Crippen LogP contribution is -2.42. The normalized spacial score (nSPS) is 30.8. The predicted octanol–water partition coefficient (Wildman–Crippen LogP) is 1.01. The zero-order valence-electron chi connectivity index (χ0n) is 7.02. The molecule has 2 aliphatic rings. The molecule has 2 heterocycles. The van der Waals surface area contributed by atoms with Gasteiger partial charge in [0.1, 0.15) is 6.17 Å². The number of azo groups is 1. The molecule has 1 unspecified atom stereocenters. The first kappa shape index (κ1) is 7.89. The van der Waals surface area contributed by atoms with Gasteiger partial charge in [0.2, 0.25) is 0 Å². The summed E-state index contributed by atoms with van der Waals surface area (Å²) in [5.74, 6) is 0. The Kier molecular flexibility index (Phi) is 2.48. The number of rotatable bonds is 1. The van der Waals surface area contributed by atoms with Crippen LogP contribution >= 0.6 is 0 Å². The molecule has 0 aromatic carbocycles. The lowest BCUT2D eigenvalue weighted by atomic mass is 10.2. The van der Waals surface area contributed by atoms with Crippen LogP contribution in [0.5, 0.6) is 0 Å². The minimum Gasteiger partial charge on any atom is -0.379 e. The summed E-state index contributed by atoms with van der Waals surface area (Å²) in [7, 11) is 0. The Bertz CT molecular complexity index is 196. The van der Waals surface area contributed by atoms with Gasteiger partial charge < -0.3 is 4.74 Å². The van der Waals surface area contributed by atoms with Gasteiger partial charge in [-0.1, -0.05) is 6.08 Å². The Hall–Kier alpha value is -0.740. The molecular weight excluding hydrogens is 154 g/mol. The van der Waals surface area contributed by atoms with Crippen LogP contribution in [0.15, 0.2) is 22.5 Å². The van der Waals surface area contributed by atoms with Crippen LogP contribution in [0, 0.1) is 0 Å². The van der Waals surface area contributed by atoms with Crippen molar-refractivity contribution in [1.82, 2.24) is 4.90 Å². The topological polar surface area (TPSA) is 37.2 Å². The van der Waals surface area contributed by atoms with Crippen LogP contribution in [0.25, 0.3) is 0 Å². The fourth-order valence-corrected chi connectivity index (χ4v) is 1.49. The maximum absolute atomic E-state index is 5.26. The summed E-state index contributed by atoms with van der Waals surface area (Å²) < 4.78 is 5.26. The van der Waals surface area contributed by atoms with Gasteiger partial charge in [-0.15, -0.1) is 0 Å². The fourth-order valence-electron chi connectivity index (χ4n) is 1.49. The fraction of sp³-hybridized carbons (Fsp3) is 0.750. The summed E-state index contributed by atoms with van der Waals surface area (Å²) in [5.41, 5.74) is 0. The molecule has 0 aromatic rings. The minimum atomic E-state index is 0.263. The van der Waals surface area contributed by atoms with Gasteiger partial charge in [0.25, 0.3) is 0 Å². The lowest BCUT2D eigenvalue weighted by molar-refractivity contribution is 0.0170. The first-order chi connectivity index (χ1) is 5.97. The van der Waals surface area contributed by atoms with Gasteiger partial charge in [-0.2, -0.15) is 10.2 Å². The molecule has 0 saturated carbocycles. The third kappa shape index (κ3) is 1.70. The highest BCUT2D eigenvalue weighted by Crippen LogP contribution is 2.13. The number of hydrogen-bond donors (Lipinski definition) is 0. The molecular formula is C8H13N3O. The van der Waals surface area contributed by atoms with E-state index in [9.17, 15) is 0 Å². The molecule has 0 aliphatic carbocycles. The summed E-state index contributed by atoms with van der Waals surface area (Å²) in [5, 5.41) is 8.06. The van der Waals surface area contributed by atoms with Gasteiger partial charge in [-0.3, -0.25) is 4.90 Å². The van der Waals surface area contributed by atoms with Crippen molar-refractivity contribution in [3.8, 4) is 0 Å². The van der Waals surface area contributed by atoms with E-state index >= 15 is 0 Å². The molecule has 2 aliphatic heterocycles. The molecule has 1 fully saturated rings. The van der Waals surface area contributed by atoms with Crippen LogP contribution in [0.4, 0.5) is 0 Å². The third-order valence-electron chi connectivity index (χ3n) is 2.19. The highest BCUT2D eigenvalue weighted by Gasteiger charge is 2.19. The molecule has 0 amide bonds. The van der Waals surface area contributed by atoms with E-state index in [1.165, 1.54) is 0 Å². The van der Waals surface area contributed by atoms with E-state index < -0.39 is 0 Å². The van der Waals surface area contributed by atoms with Gasteiger partial charge in [0.15, 0.2) is 0 Å². The van der Waals surface area contributed by atoms with Crippen molar-refractivity contribution in [2.75, 3.05) is 26.3 Å². The summed E-state index contributed by atoms with van der Waals surface area (Å²) in [6.07, 6.45) is 5.08. The van der Waals surface area contributed by atoms with E-state index in [2.05, 4.69) is 21.2 Å². The Balaban J connectivity index is 1.90. The molecule has 0 spiro atoms. The van der Waals surface area contributed by atoms with Crippen LogP contribution in [0.3, 0.4) is 0 Å². The average Bonchev–Trinajstić information content (AvgIpc) is 2.21. The zero-order chi connectivity index (χ0) is 8.23. The molecule has 1 saturated heterocycles. The first-order valence-corrected chi connectivity index (χ1v) is 4.33. The van der Waals surface area contributed by atoms with E-state index in [4.69, 9.17) is 4.74 Å². The van der Waals surface area contributed by atoms with Crippen molar-refractivity contribution in [3.63, 3.8) is 0 Å². The molecule has 66 valence electrons. The quantitative estimate of drug-likeness (QED) is 0.584. The number of hydrogen-bond acceptors (Lipinski definition) is 4. The molecule has 0 bridgehead atoms. The van der Waals surface area contributed by atoms with Gasteiger partial charge in [0.05, 0.1) is 13.2 Å². The summed E-state index contributed by atoms with van der Waals surface area (Å²) in [4.78, 5) is 2.32. The highest BCUT2D eigenvalue weighted by molar-refractivity contribution is 4.88. The zero-order valence-corrected chi connectivity index (χ0v) is 7.02. The van der Waals surface area contributed by atoms with Crippen LogP contribution in [-0.2, 0) is 4.74 Å². The molecule has 0 N–H and O–H groups in total. The number of morpholine rings is 1. The molecule has 0 radical (unpaired) electrons. The van der Waals surface area contributed by atoms with Crippen LogP contribution in [0.1, 0.15) is 6.42 Å². The van der Waals surface area contributed by atoms with E-state index in [-0.39, 0.29) is 6.17 Å².